The Hall–Kier alpha value is -3.08. The van der Waals surface area contributed by atoms with Crippen molar-refractivity contribution < 1.29 is 43.9 Å². The van der Waals surface area contributed by atoms with Crippen LogP contribution in [0.25, 0.3) is 11.2 Å². The molecule has 1 unspecified atom stereocenters. The Morgan fingerprint density at radius 3 is 2.62 bits per heavy atom. The molecule has 0 amide bonds. The number of rotatable bonds is 7. The molecule has 0 radical (unpaired) electrons. The Bertz CT molecular complexity index is 1170. The summed E-state index contributed by atoms with van der Waals surface area (Å²) >= 11 is 0. The highest BCUT2D eigenvalue weighted by Crippen LogP contribution is 2.37. The molecule has 3 heterocycles. The highest BCUT2D eigenvalue weighted by Gasteiger charge is 2.42. The first-order valence-electron chi connectivity index (χ1n) is 9.56. The second-order valence-electron chi connectivity index (χ2n) is 6.94. The molecule has 0 saturated carbocycles. The number of fused-ring (bicyclic) bond motifs is 1. The number of phosphoric ester groups is 1. The molecule has 184 valence electrons. The van der Waals surface area contributed by atoms with E-state index < -0.39 is 44.0 Å². The van der Waals surface area contributed by atoms with Gasteiger partial charge in [-0.3, -0.25) is 14.6 Å². The van der Waals surface area contributed by atoms with E-state index in [2.05, 4.69) is 34.5 Å². The fraction of sp³-hybridized carbons (Fsp3) is 0.353. The molecule has 2 aromatic heterocycles. The van der Waals surface area contributed by atoms with Gasteiger partial charge in [0.2, 0.25) is 0 Å². The van der Waals surface area contributed by atoms with Crippen LogP contribution in [0.15, 0.2) is 36.9 Å². The van der Waals surface area contributed by atoms with Crippen molar-refractivity contribution in [2.75, 3.05) is 11.9 Å². The predicted octanol–water partition coefficient (Wildman–Crippen LogP) is -0.592. The van der Waals surface area contributed by atoms with Crippen LogP contribution in [-0.2, 0) is 20.4 Å². The summed E-state index contributed by atoms with van der Waals surface area (Å²) in [6, 6.07) is 6.45. The number of phosphoric acid groups is 1. The minimum atomic E-state index is -4.64. The molecule has 1 aliphatic heterocycles. The van der Waals surface area contributed by atoms with Crippen LogP contribution in [-0.4, -0.2) is 81.2 Å². The average Bonchev–Trinajstić information content (AvgIpc) is 3.37. The molecule has 0 aliphatic carbocycles. The van der Waals surface area contributed by atoms with Crippen molar-refractivity contribution in [3.05, 3.63) is 52.6 Å². The van der Waals surface area contributed by atoms with E-state index in [9.17, 15) is 14.7 Å². The first kappa shape index (κ1) is 25.5. The highest BCUT2D eigenvalue weighted by molar-refractivity contribution is 7.46. The molecule has 4 atom stereocenters. The standard InChI is InChI=1S/C12H10N6O2.C5H11O8P/c19-18(20)9-3-1-2-8(4-9)5-13-11-10-12(15-6-14-10)17-7-16-11;6-3-2(1-12-14(9,10)11)13-5(8)4(3)7/h1-4,6-7H,5H2,(H2,13,14,15,16,17);2-8H,1H2,(H2,9,10,11)/t;2-,3-,4-,5?/m.1/s1. The highest BCUT2D eigenvalue weighted by atomic mass is 31.2. The molecular formula is C17H21N6O10P. The summed E-state index contributed by atoms with van der Waals surface area (Å²) in [6.45, 7) is -0.188. The number of nitrogens with one attached hydrogen (secondary N) is 2. The maximum absolute atomic E-state index is 10.7. The lowest BCUT2D eigenvalue weighted by Gasteiger charge is -2.14. The zero-order valence-corrected chi connectivity index (χ0v) is 18.1. The van der Waals surface area contributed by atoms with E-state index in [4.69, 9.17) is 25.1 Å². The third kappa shape index (κ3) is 6.72. The number of ether oxygens (including phenoxy) is 1. The van der Waals surface area contributed by atoms with Crippen molar-refractivity contribution in [1.29, 1.82) is 0 Å². The number of aromatic nitrogens is 4. The molecule has 4 rings (SSSR count). The molecule has 1 aromatic carbocycles. The van der Waals surface area contributed by atoms with Gasteiger partial charge in [-0.05, 0) is 5.56 Å². The Morgan fingerprint density at radius 1 is 1.21 bits per heavy atom. The first-order chi connectivity index (χ1) is 16.0. The summed E-state index contributed by atoms with van der Waals surface area (Å²) in [5.74, 6) is 0.610. The van der Waals surface area contributed by atoms with Gasteiger partial charge in [0.05, 0.1) is 17.9 Å². The fourth-order valence-corrected chi connectivity index (χ4v) is 3.24. The van der Waals surface area contributed by atoms with Crippen LogP contribution in [0.4, 0.5) is 11.5 Å². The monoisotopic (exact) mass is 500 g/mol. The number of hydrogen-bond donors (Lipinski definition) is 7. The molecule has 0 spiro atoms. The van der Waals surface area contributed by atoms with Crippen molar-refractivity contribution in [1.82, 2.24) is 19.9 Å². The van der Waals surface area contributed by atoms with E-state index in [1.165, 1.54) is 24.8 Å². The predicted molar refractivity (Wildman–Crippen MR) is 113 cm³/mol. The van der Waals surface area contributed by atoms with Gasteiger partial charge in [0.1, 0.15) is 30.2 Å². The summed E-state index contributed by atoms with van der Waals surface area (Å²) in [6.07, 6.45) is -2.71. The van der Waals surface area contributed by atoms with Crippen molar-refractivity contribution in [2.45, 2.75) is 31.1 Å². The lowest BCUT2D eigenvalue weighted by molar-refractivity contribution is -0.384. The Labute approximate surface area is 190 Å². The third-order valence-corrected chi connectivity index (χ3v) is 5.03. The number of benzene rings is 1. The van der Waals surface area contributed by atoms with E-state index in [0.717, 1.165) is 5.56 Å². The van der Waals surface area contributed by atoms with E-state index >= 15 is 0 Å². The number of nitrogens with zero attached hydrogens (tertiary/aromatic N) is 4. The number of aliphatic hydroxyl groups excluding tert-OH is 3. The number of aliphatic hydroxyl groups is 3. The van der Waals surface area contributed by atoms with Crippen molar-refractivity contribution >= 4 is 30.5 Å². The average molecular weight is 500 g/mol. The van der Waals surface area contributed by atoms with Gasteiger partial charge < -0.3 is 40.1 Å². The number of anilines is 1. The molecular weight excluding hydrogens is 479 g/mol. The molecule has 16 nitrogen and oxygen atoms in total. The Balaban J connectivity index is 0.000000204. The smallest absolute Gasteiger partial charge is 0.387 e. The minimum Gasteiger partial charge on any atom is -0.387 e. The van der Waals surface area contributed by atoms with Crippen LogP contribution in [0.3, 0.4) is 0 Å². The minimum absolute atomic E-state index is 0.0682. The molecule has 0 bridgehead atoms. The zero-order valence-electron chi connectivity index (χ0n) is 17.2. The molecule has 17 heteroatoms. The van der Waals surface area contributed by atoms with Crippen LogP contribution < -0.4 is 5.32 Å². The lowest BCUT2D eigenvalue weighted by Crippen LogP contribution is -2.34. The van der Waals surface area contributed by atoms with Gasteiger partial charge in [0, 0.05) is 18.7 Å². The topological polar surface area (TPSA) is 246 Å². The number of nitro benzene ring substituents is 1. The van der Waals surface area contributed by atoms with E-state index in [-0.39, 0.29) is 5.69 Å². The second kappa shape index (κ2) is 10.9. The van der Waals surface area contributed by atoms with Gasteiger partial charge in [-0.2, -0.15) is 0 Å². The molecule has 1 fully saturated rings. The summed E-state index contributed by atoms with van der Waals surface area (Å²) in [5.41, 5.74) is 2.14. The number of H-pyrrole nitrogens is 1. The number of hydrogen-bond acceptors (Lipinski definition) is 12. The lowest BCUT2D eigenvalue weighted by atomic mass is 10.1. The Kier molecular flexibility index (Phi) is 8.19. The number of imidazole rings is 1. The van der Waals surface area contributed by atoms with Crippen LogP contribution in [0.5, 0.6) is 0 Å². The van der Waals surface area contributed by atoms with Crippen LogP contribution >= 0.6 is 7.82 Å². The van der Waals surface area contributed by atoms with Gasteiger partial charge in [0.15, 0.2) is 17.8 Å². The third-order valence-electron chi connectivity index (χ3n) is 4.55. The molecule has 3 aromatic rings. The van der Waals surface area contributed by atoms with Crippen LogP contribution in [0.1, 0.15) is 5.56 Å². The zero-order chi connectivity index (χ0) is 24.9. The normalized spacial score (nSPS) is 22.3. The maximum Gasteiger partial charge on any atom is 0.469 e. The van der Waals surface area contributed by atoms with Crippen molar-refractivity contribution in [2.24, 2.45) is 0 Å². The number of nitro groups is 1. The Morgan fingerprint density at radius 2 is 1.97 bits per heavy atom. The van der Waals surface area contributed by atoms with Crippen molar-refractivity contribution in [3.63, 3.8) is 0 Å². The summed E-state index contributed by atoms with van der Waals surface area (Å²) in [4.78, 5) is 42.1. The largest absolute Gasteiger partial charge is 0.469 e. The molecule has 1 aliphatic rings. The van der Waals surface area contributed by atoms with Gasteiger partial charge in [0.25, 0.3) is 5.69 Å². The van der Waals surface area contributed by atoms with E-state index in [0.29, 0.717) is 23.5 Å². The summed E-state index contributed by atoms with van der Waals surface area (Å²) in [5, 5.41) is 40.9. The van der Waals surface area contributed by atoms with Gasteiger partial charge in [-0.1, -0.05) is 12.1 Å². The maximum atomic E-state index is 10.7. The second-order valence-corrected chi connectivity index (χ2v) is 8.18. The quantitative estimate of drug-likeness (QED) is 0.122. The SMILES string of the molecule is O=P(O)(O)OC[C@H]1OC(O)[C@H](O)[C@@H]1O.O=[N+]([O-])c1cccc(CNc2ncnc3nc[nH]c23)c1. The molecule has 1 saturated heterocycles. The number of non-ortho nitro benzene ring substituents is 1. The number of aromatic amines is 1. The van der Waals surface area contributed by atoms with Crippen LogP contribution in [0, 0.1) is 10.1 Å². The van der Waals surface area contributed by atoms with E-state index in [1.54, 1.807) is 6.07 Å². The van der Waals surface area contributed by atoms with Crippen LogP contribution in [0.2, 0.25) is 0 Å². The summed E-state index contributed by atoms with van der Waals surface area (Å²) in [7, 11) is -4.64. The van der Waals surface area contributed by atoms with Gasteiger partial charge >= 0.3 is 7.82 Å². The molecule has 7 N–H and O–H groups in total. The summed E-state index contributed by atoms with van der Waals surface area (Å²) < 4.78 is 18.9. The first-order valence-corrected chi connectivity index (χ1v) is 11.1. The van der Waals surface area contributed by atoms with Gasteiger partial charge in [-0.15, -0.1) is 0 Å². The van der Waals surface area contributed by atoms with Gasteiger partial charge in [-0.25, -0.2) is 19.5 Å². The van der Waals surface area contributed by atoms with Crippen molar-refractivity contribution in [3.8, 4) is 0 Å². The fourth-order valence-electron chi connectivity index (χ4n) is 2.90. The van der Waals surface area contributed by atoms with E-state index in [1.807, 2.05) is 6.07 Å². The molecule has 34 heavy (non-hydrogen) atoms.